The van der Waals surface area contributed by atoms with E-state index in [0.717, 1.165) is 21.3 Å². The second-order valence-electron chi connectivity index (χ2n) is 7.12. The van der Waals surface area contributed by atoms with Crippen molar-refractivity contribution in [3.05, 3.63) is 93.6 Å². The van der Waals surface area contributed by atoms with Gasteiger partial charge in [0.15, 0.2) is 0 Å². The van der Waals surface area contributed by atoms with E-state index in [1.54, 1.807) is 19.1 Å². The number of alkyl halides is 3. The Morgan fingerprint density at radius 3 is 2.32 bits per heavy atom. The van der Waals surface area contributed by atoms with E-state index in [1.807, 2.05) is 18.2 Å². The normalized spacial score (nSPS) is 12.3. The first-order chi connectivity index (χ1) is 16.0. The molecule has 0 atom stereocenters. The van der Waals surface area contributed by atoms with Gasteiger partial charge >= 0.3 is 6.18 Å². The molecular formula is C23H19F3IN3O3S. The van der Waals surface area contributed by atoms with Crippen molar-refractivity contribution < 1.29 is 26.4 Å². The summed E-state index contributed by atoms with van der Waals surface area (Å²) in [5.74, 6) is -0.818. The molecule has 0 saturated carbocycles. The van der Waals surface area contributed by atoms with E-state index in [4.69, 9.17) is 0 Å². The number of hydrazone groups is 1. The van der Waals surface area contributed by atoms with Gasteiger partial charge in [-0.25, -0.2) is 13.8 Å². The minimum Gasteiger partial charge on any atom is -0.271 e. The van der Waals surface area contributed by atoms with Crippen LogP contribution >= 0.6 is 22.6 Å². The summed E-state index contributed by atoms with van der Waals surface area (Å²) in [7, 11) is -4.35. The second kappa shape index (κ2) is 10.6. The molecule has 11 heteroatoms. The summed E-state index contributed by atoms with van der Waals surface area (Å²) < 4.78 is 67.8. The Balaban J connectivity index is 1.93. The maximum Gasteiger partial charge on any atom is 0.416 e. The lowest BCUT2D eigenvalue weighted by molar-refractivity contribution is -0.137. The topological polar surface area (TPSA) is 78.8 Å². The van der Waals surface area contributed by atoms with Crippen LogP contribution in [0, 0.1) is 3.57 Å². The van der Waals surface area contributed by atoms with Gasteiger partial charge in [-0.15, -0.1) is 0 Å². The molecular weight excluding hydrogens is 582 g/mol. The maximum absolute atomic E-state index is 13.3. The highest BCUT2D eigenvalue weighted by molar-refractivity contribution is 14.1. The van der Waals surface area contributed by atoms with Crippen molar-refractivity contribution in [1.29, 1.82) is 0 Å². The molecule has 0 fully saturated rings. The van der Waals surface area contributed by atoms with Crippen LogP contribution in [0.15, 0.2) is 88.9 Å². The predicted octanol–water partition coefficient (Wildman–Crippen LogP) is 5.05. The number of carbonyl (C=O) groups is 1. The van der Waals surface area contributed by atoms with Gasteiger partial charge in [-0.2, -0.15) is 18.3 Å². The lowest BCUT2D eigenvalue weighted by Gasteiger charge is -2.24. The van der Waals surface area contributed by atoms with Gasteiger partial charge in [0, 0.05) is 3.57 Å². The Labute approximate surface area is 208 Å². The third-order valence-corrected chi connectivity index (χ3v) is 7.13. The molecule has 0 saturated heterocycles. The summed E-state index contributed by atoms with van der Waals surface area (Å²) in [6.45, 7) is 0.888. The largest absolute Gasteiger partial charge is 0.416 e. The summed E-state index contributed by atoms with van der Waals surface area (Å²) in [6, 6.07) is 18.3. The van der Waals surface area contributed by atoms with Crippen molar-refractivity contribution in [2.24, 2.45) is 5.10 Å². The number of hydrogen-bond acceptors (Lipinski definition) is 4. The first-order valence-corrected chi connectivity index (χ1v) is 12.3. The second-order valence-corrected chi connectivity index (χ2v) is 10.2. The van der Waals surface area contributed by atoms with Crippen molar-refractivity contribution >= 4 is 49.9 Å². The average Bonchev–Trinajstić information content (AvgIpc) is 2.81. The van der Waals surface area contributed by atoms with Crippen molar-refractivity contribution in [3.63, 3.8) is 0 Å². The zero-order chi connectivity index (χ0) is 24.9. The molecule has 1 amide bonds. The molecule has 0 bridgehead atoms. The molecule has 34 heavy (non-hydrogen) atoms. The summed E-state index contributed by atoms with van der Waals surface area (Å²) in [5.41, 5.74) is 2.18. The zero-order valence-corrected chi connectivity index (χ0v) is 20.7. The van der Waals surface area contributed by atoms with Crippen LogP contribution in [0.4, 0.5) is 18.9 Å². The van der Waals surface area contributed by atoms with E-state index in [-0.39, 0.29) is 10.6 Å². The van der Waals surface area contributed by atoms with Crippen LogP contribution in [0.5, 0.6) is 0 Å². The zero-order valence-electron chi connectivity index (χ0n) is 17.8. The van der Waals surface area contributed by atoms with E-state index >= 15 is 0 Å². The Bertz CT molecular complexity index is 1310. The molecule has 0 spiro atoms. The molecule has 3 rings (SSSR count). The van der Waals surface area contributed by atoms with Crippen LogP contribution < -0.4 is 9.73 Å². The molecule has 0 heterocycles. The minimum absolute atomic E-state index is 0.168. The SMILES string of the molecule is C/C(=N/NC(=O)CN(c1cccc(C(F)(F)F)c1)S(=O)(=O)c1ccccc1)c1cccc(I)c1. The Hall–Kier alpha value is -2.93. The molecule has 0 aliphatic rings. The standard InChI is InChI=1S/C23H19F3IN3O3S/c1-16(17-7-5-9-19(27)13-17)28-29-22(31)15-30(34(32,33)21-11-3-2-4-12-21)20-10-6-8-18(14-20)23(24,25)26/h2-14H,15H2,1H3,(H,29,31)/b28-16-. The molecule has 3 aromatic carbocycles. The number of hydrogen-bond donors (Lipinski definition) is 1. The molecule has 0 radical (unpaired) electrons. The quantitative estimate of drug-likeness (QED) is 0.234. The molecule has 0 aliphatic carbocycles. The van der Waals surface area contributed by atoms with Crippen molar-refractivity contribution in [1.82, 2.24) is 5.43 Å². The first-order valence-electron chi connectivity index (χ1n) is 9.82. The molecule has 6 nitrogen and oxygen atoms in total. The van der Waals surface area contributed by atoms with Crippen molar-refractivity contribution in [2.45, 2.75) is 18.0 Å². The molecule has 3 aromatic rings. The number of amides is 1. The number of anilines is 1. The van der Waals surface area contributed by atoms with Gasteiger partial charge in [0.2, 0.25) is 0 Å². The van der Waals surface area contributed by atoms with Crippen LogP contribution in [0.25, 0.3) is 0 Å². The highest BCUT2D eigenvalue weighted by Gasteiger charge is 2.33. The summed E-state index contributed by atoms with van der Waals surface area (Å²) in [4.78, 5) is 12.5. The van der Waals surface area contributed by atoms with Crippen LogP contribution in [0.1, 0.15) is 18.1 Å². The molecule has 1 N–H and O–H groups in total. The summed E-state index contributed by atoms with van der Waals surface area (Å²) in [5, 5.41) is 4.01. The van der Waals surface area contributed by atoms with Crippen LogP contribution in [0.2, 0.25) is 0 Å². The van der Waals surface area contributed by atoms with Gasteiger partial charge in [-0.3, -0.25) is 9.10 Å². The van der Waals surface area contributed by atoms with Gasteiger partial charge < -0.3 is 0 Å². The summed E-state index contributed by atoms with van der Waals surface area (Å²) in [6.07, 6.45) is -4.69. The smallest absolute Gasteiger partial charge is 0.271 e. The lowest BCUT2D eigenvalue weighted by atomic mass is 10.1. The molecule has 0 aliphatic heterocycles. The van der Waals surface area contributed by atoms with Crippen molar-refractivity contribution in [2.75, 3.05) is 10.8 Å². The Morgan fingerprint density at radius 1 is 1.00 bits per heavy atom. The average molecular weight is 601 g/mol. The number of nitrogens with one attached hydrogen (secondary N) is 1. The maximum atomic E-state index is 13.3. The van der Waals surface area contributed by atoms with Crippen LogP contribution in [-0.2, 0) is 21.0 Å². The summed E-state index contributed by atoms with van der Waals surface area (Å²) >= 11 is 2.13. The van der Waals surface area contributed by atoms with Gasteiger partial charge in [0.1, 0.15) is 6.54 Å². The number of nitrogens with zero attached hydrogens (tertiary/aromatic N) is 2. The fraction of sp³-hybridized carbons (Fsp3) is 0.130. The Morgan fingerprint density at radius 2 is 1.68 bits per heavy atom. The van der Waals surface area contributed by atoms with E-state index in [0.29, 0.717) is 16.1 Å². The third kappa shape index (κ3) is 6.35. The number of benzene rings is 3. The van der Waals surface area contributed by atoms with E-state index in [2.05, 4.69) is 33.1 Å². The predicted molar refractivity (Wildman–Crippen MR) is 132 cm³/mol. The fourth-order valence-electron chi connectivity index (χ4n) is 2.96. The Kier molecular flexibility index (Phi) is 7.97. The number of rotatable bonds is 7. The van der Waals surface area contributed by atoms with Gasteiger partial charge in [-0.1, -0.05) is 36.4 Å². The first kappa shape index (κ1) is 25.7. The fourth-order valence-corrected chi connectivity index (χ4v) is 4.94. The van der Waals surface area contributed by atoms with Gasteiger partial charge in [0.25, 0.3) is 15.9 Å². The van der Waals surface area contributed by atoms with Crippen molar-refractivity contribution in [3.8, 4) is 0 Å². The minimum atomic E-state index is -4.69. The van der Waals surface area contributed by atoms with Gasteiger partial charge in [0.05, 0.1) is 21.9 Å². The molecule has 0 unspecified atom stereocenters. The van der Waals surface area contributed by atoms with Gasteiger partial charge in [-0.05, 0) is 77.5 Å². The number of sulfonamides is 1. The monoisotopic (exact) mass is 601 g/mol. The third-order valence-electron chi connectivity index (χ3n) is 4.67. The van der Waals surface area contributed by atoms with Crippen LogP contribution in [-0.4, -0.2) is 26.6 Å². The molecule has 0 aromatic heterocycles. The highest BCUT2D eigenvalue weighted by atomic mass is 127. The number of carbonyl (C=O) groups excluding carboxylic acids is 1. The molecule has 178 valence electrons. The number of halogens is 4. The van der Waals surface area contributed by atoms with Crippen LogP contribution in [0.3, 0.4) is 0 Å². The van der Waals surface area contributed by atoms with E-state index in [9.17, 15) is 26.4 Å². The lowest BCUT2D eigenvalue weighted by Crippen LogP contribution is -2.39. The van der Waals surface area contributed by atoms with E-state index in [1.165, 1.54) is 30.3 Å². The van der Waals surface area contributed by atoms with E-state index < -0.39 is 34.2 Å². The highest BCUT2D eigenvalue weighted by Crippen LogP contribution is 2.33.